The minimum absolute atomic E-state index is 0.00263. The van der Waals surface area contributed by atoms with E-state index in [0.717, 1.165) is 11.3 Å². The molecule has 1 aromatic carbocycles. The molecule has 27 heavy (non-hydrogen) atoms. The first kappa shape index (κ1) is 19.0. The van der Waals surface area contributed by atoms with E-state index < -0.39 is 0 Å². The fourth-order valence-electron chi connectivity index (χ4n) is 3.43. The highest BCUT2D eigenvalue weighted by atomic mass is 16.5. The van der Waals surface area contributed by atoms with Crippen molar-refractivity contribution >= 4 is 11.8 Å². The largest absolute Gasteiger partial charge is 0.497 e. The predicted octanol–water partition coefficient (Wildman–Crippen LogP) is 2.18. The third kappa shape index (κ3) is 4.31. The lowest BCUT2D eigenvalue weighted by Gasteiger charge is -2.19. The van der Waals surface area contributed by atoms with Crippen LogP contribution in [0.2, 0.25) is 0 Å². The van der Waals surface area contributed by atoms with E-state index in [9.17, 15) is 9.59 Å². The Hall–Kier alpha value is -2.80. The second-order valence-corrected chi connectivity index (χ2v) is 6.60. The number of amides is 2. The molecule has 2 atom stereocenters. The highest BCUT2D eigenvalue weighted by Gasteiger charge is 2.37. The number of rotatable bonds is 6. The van der Waals surface area contributed by atoms with E-state index in [0.29, 0.717) is 25.5 Å². The summed E-state index contributed by atoms with van der Waals surface area (Å²) in [5, 5.41) is 2.97. The third-order valence-electron chi connectivity index (χ3n) is 4.70. The van der Waals surface area contributed by atoms with Gasteiger partial charge in [-0.2, -0.15) is 0 Å². The number of likely N-dealkylation sites (tertiary alicyclic amines) is 1. The van der Waals surface area contributed by atoms with Gasteiger partial charge in [-0.15, -0.1) is 0 Å². The number of hydrogen-bond donors (Lipinski definition) is 1. The molecule has 0 saturated carbocycles. The first-order valence-electron chi connectivity index (χ1n) is 8.79. The Bertz CT molecular complexity index is 799. The molecule has 2 aromatic rings. The molecule has 0 spiro atoms. The molecule has 1 N–H and O–H groups in total. The Morgan fingerprint density at radius 1 is 1.15 bits per heavy atom. The van der Waals surface area contributed by atoms with Gasteiger partial charge in [-0.25, -0.2) is 0 Å². The summed E-state index contributed by atoms with van der Waals surface area (Å²) >= 11 is 0. The van der Waals surface area contributed by atoms with Gasteiger partial charge in [0.1, 0.15) is 18.1 Å². The van der Waals surface area contributed by atoms with Gasteiger partial charge in [0.15, 0.2) is 5.76 Å². The van der Waals surface area contributed by atoms with Crippen molar-refractivity contribution in [3.63, 3.8) is 0 Å². The molecule has 1 fully saturated rings. The van der Waals surface area contributed by atoms with Crippen LogP contribution in [0.15, 0.2) is 40.8 Å². The van der Waals surface area contributed by atoms with Crippen molar-refractivity contribution in [3.8, 4) is 5.75 Å². The Morgan fingerprint density at radius 2 is 1.89 bits per heavy atom. The standard InChI is InChI=1S/C20H24N2O5/c1-13(23)21-18-11-22(20(24)19-9-8-16(27-19)12-25-2)10-17(18)14-4-6-15(26-3)7-5-14/h4-9,17-18H,10-12H2,1-3H3,(H,21,23). The van der Waals surface area contributed by atoms with Crippen LogP contribution < -0.4 is 10.1 Å². The zero-order valence-corrected chi connectivity index (χ0v) is 15.7. The lowest BCUT2D eigenvalue weighted by molar-refractivity contribution is -0.119. The second kappa shape index (κ2) is 8.26. The molecule has 7 heteroatoms. The van der Waals surface area contributed by atoms with E-state index >= 15 is 0 Å². The number of nitrogens with one attached hydrogen (secondary N) is 1. The zero-order chi connectivity index (χ0) is 19.4. The molecule has 1 saturated heterocycles. The molecule has 1 aromatic heterocycles. The second-order valence-electron chi connectivity index (χ2n) is 6.60. The van der Waals surface area contributed by atoms with Gasteiger partial charge in [0, 0.05) is 33.0 Å². The van der Waals surface area contributed by atoms with Gasteiger partial charge in [0.2, 0.25) is 5.91 Å². The van der Waals surface area contributed by atoms with Gasteiger partial charge in [0.25, 0.3) is 5.91 Å². The van der Waals surface area contributed by atoms with Crippen LogP contribution in [0.4, 0.5) is 0 Å². The van der Waals surface area contributed by atoms with E-state index in [-0.39, 0.29) is 29.5 Å². The summed E-state index contributed by atoms with van der Waals surface area (Å²) in [6, 6.07) is 10.9. The Morgan fingerprint density at radius 3 is 2.52 bits per heavy atom. The summed E-state index contributed by atoms with van der Waals surface area (Å²) in [5.41, 5.74) is 1.05. The number of carbonyl (C=O) groups is 2. The van der Waals surface area contributed by atoms with E-state index in [1.807, 2.05) is 24.3 Å². The van der Waals surface area contributed by atoms with Crippen LogP contribution in [0, 0.1) is 0 Å². The zero-order valence-electron chi connectivity index (χ0n) is 15.7. The summed E-state index contributed by atoms with van der Waals surface area (Å²) in [5.74, 6) is 1.33. The van der Waals surface area contributed by atoms with Crippen molar-refractivity contribution in [1.82, 2.24) is 10.2 Å². The third-order valence-corrected chi connectivity index (χ3v) is 4.70. The number of nitrogens with zero attached hydrogens (tertiary/aromatic N) is 1. The number of methoxy groups -OCH3 is 2. The predicted molar refractivity (Wildman–Crippen MR) is 98.7 cm³/mol. The van der Waals surface area contributed by atoms with Gasteiger partial charge >= 0.3 is 0 Å². The maximum Gasteiger partial charge on any atom is 0.289 e. The van der Waals surface area contributed by atoms with Gasteiger partial charge in [-0.3, -0.25) is 9.59 Å². The van der Waals surface area contributed by atoms with Crippen LogP contribution >= 0.6 is 0 Å². The molecule has 1 aliphatic rings. The fraction of sp³-hybridized carbons (Fsp3) is 0.400. The number of furan rings is 1. The van der Waals surface area contributed by atoms with Gasteiger partial charge in [0.05, 0.1) is 13.2 Å². The summed E-state index contributed by atoms with van der Waals surface area (Å²) < 4.78 is 15.8. The molecule has 1 aliphatic heterocycles. The molecule has 2 heterocycles. The highest BCUT2D eigenvalue weighted by Crippen LogP contribution is 2.30. The van der Waals surface area contributed by atoms with Crippen molar-refractivity contribution in [2.45, 2.75) is 25.5 Å². The molecule has 2 amide bonds. The molecule has 7 nitrogen and oxygen atoms in total. The van der Waals surface area contributed by atoms with Crippen molar-refractivity contribution in [2.24, 2.45) is 0 Å². The molecule has 0 radical (unpaired) electrons. The number of hydrogen-bond acceptors (Lipinski definition) is 5. The molecule has 3 rings (SSSR count). The maximum absolute atomic E-state index is 12.8. The van der Waals surface area contributed by atoms with Crippen LogP contribution in [0.5, 0.6) is 5.75 Å². The van der Waals surface area contributed by atoms with Gasteiger partial charge < -0.3 is 24.1 Å². The monoisotopic (exact) mass is 372 g/mol. The average Bonchev–Trinajstić information content (AvgIpc) is 3.28. The Kier molecular flexibility index (Phi) is 5.81. The lowest BCUT2D eigenvalue weighted by Crippen LogP contribution is -2.39. The van der Waals surface area contributed by atoms with E-state index in [1.165, 1.54) is 6.92 Å². The summed E-state index contributed by atoms with van der Waals surface area (Å²) in [4.78, 5) is 26.2. The van der Waals surface area contributed by atoms with Gasteiger partial charge in [-0.05, 0) is 29.8 Å². The SMILES string of the molecule is COCc1ccc(C(=O)N2CC(NC(C)=O)C(c3ccc(OC)cc3)C2)o1. The van der Waals surface area contributed by atoms with Crippen molar-refractivity contribution in [2.75, 3.05) is 27.3 Å². The smallest absolute Gasteiger partial charge is 0.289 e. The number of ether oxygens (including phenoxy) is 2. The summed E-state index contributed by atoms with van der Waals surface area (Å²) in [6.07, 6.45) is 0. The van der Waals surface area contributed by atoms with Gasteiger partial charge in [-0.1, -0.05) is 12.1 Å². The lowest BCUT2D eigenvalue weighted by atomic mass is 9.94. The summed E-state index contributed by atoms with van der Waals surface area (Å²) in [7, 11) is 3.19. The van der Waals surface area contributed by atoms with Crippen molar-refractivity contribution < 1.29 is 23.5 Å². The Balaban J connectivity index is 1.78. The molecule has 0 aliphatic carbocycles. The highest BCUT2D eigenvalue weighted by molar-refractivity contribution is 5.92. The molecule has 2 unspecified atom stereocenters. The van der Waals surface area contributed by atoms with E-state index in [1.54, 1.807) is 31.3 Å². The molecular weight excluding hydrogens is 348 g/mol. The van der Waals surface area contributed by atoms with E-state index in [2.05, 4.69) is 5.32 Å². The van der Waals surface area contributed by atoms with E-state index in [4.69, 9.17) is 13.9 Å². The molecular formula is C20H24N2O5. The minimum Gasteiger partial charge on any atom is -0.497 e. The normalized spacial score (nSPS) is 19.1. The maximum atomic E-state index is 12.8. The Labute approximate surface area is 158 Å². The van der Waals surface area contributed by atoms with Crippen LogP contribution in [0.1, 0.15) is 34.7 Å². The van der Waals surface area contributed by atoms with Crippen LogP contribution in [-0.2, 0) is 16.1 Å². The van der Waals surface area contributed by atoms with Crippen LogP contribution in [0.3, 0.4) is 0 Å². The van der Waals surface area contributed by atoms with Crippen molar-refractivity contribution in [3.05, 3.63) is 53.5 Å². The topological polar surface area (TPSA) is 81.0 Å². The molecule has 0 bridgehead atoms. The van der Waals surface area contributed by atoms with Crippen LogP contribution in [0.25, 0.3) is 0 Å². The first-order valence-corrected chi connectivity index (χ1v) is 8.79. The molecule has 144 valence electrons. The first-order chi connectivity index (χ1) is 13.0. The summed E-state index contributed by atoms with van der Waals surface area (Å²) in [6.45, 7) is 2.72. The van der Waals surface area contributed by atoms with Crippen molar-refractivity contribution in [1.29, 1.82) is 0 Å². The van der Waals surface area contributed by atoms with Crippen LogP contribution in [-0.4, -0.2) is 50.1 Å². The number of carbonyl (C=O) groups excluding carboxylic acids is 2. The minimum atomic E-state index is -0.191. The average molecular weight is 372 g/mol. The fourth-order valence-corrected chi connectivity index (χ4v) is 3.43. The quantitative estimate of drug-likeness (QED) is 0.841. The number of benzene rings is 1.